The summed E-state index contributed by atoms with van der Waals surface area (Å²) in [6.07, 6.45) is 0. The molecule has 0 aliphatic carbocycles. The third-order valence-electron chi connectivity index (χ3n) is 2.53. The molecule has 0 amide bonds. The van der Waals surface area contributed by atoms with Crippen molar-refractivity contribution in [2.45, 2.75) is 13.5 Å². The summed E-state index contributed by atoms with van der Waals surface area (Å²) in [7, 11) is 2.17. The Balaban J connectivity index is 1.78. The number of aryl methyl sites for hydroxylation is 1. The van der Waals surface area contributed by atoms with Crippen molar-refractivity contribution >= 4 is 11.3 Å². The molecule has 78 valence electrons. The summed E-state index contributed by atoms with van der Waals surface area (Å²) < 4.78 is 0. The second kappa shape index (κ2) is 4.38. The molecule has 0 saturated carbocycles. The fraction of sp³-hybridized carbons (Fsp3) is 0.700. The Morgan fingerprint density at radius 3 is 2.93 bits per heavy atom. The molecule has 0 bridgehead atoms. The normalized spacial score (nSPS) is 17.4. The van der Waals surface area contributed by atoms with Gasteiger partial charge in [0.15, 0.2) is 0 Å². The van der Waals surface area contributed by atoms with E-state index in [1.165, 1.54) is 30.3 Å². The van der Waals surface area contributed by atoms with E-state index in [4.69, 9.17) is 0 Å². The molecule has 14 heavy (non-hydrogen) atoms. The van der Waals surface area contributed by atoms with Gasteiger partial charge < -0.3 is 10.2 Å². The average Bonchev–Trinajstić information content (AvgIpc) is 2.44. The maximum atomic E-state index is 4.46. The summed E-state index contributed by atoms with van der Waals surface area (Å²) in [6, 6.07) is 0. The molecule has 1 aromatic rings. The van der Waals surface area contributed by atoms with E-state index in [0.717, 1.165) is 12.5 Å². The monoisotopic (exact) mass is 211 g/mol. The van der Waals surface area contributed by atoms with Gasteiger partial charge in [-0.25, -0.2) is 4.98 Å². The quantitative estimate of drug-likeness (QED) is 0.808. The van der Waals surface area contributed by atoms with Gasteiger partial charge in [-0.2, -0.15) is 0 Å². The van der Waals surface area contributed by atoms with E-state index in [0.29, 0.717) is 0 Å². The molecule has 1 aliphatic heterocycles. The summed E-state index contributed by atoms with van der Waals surface area (Å²) >= 11 is 1.73. The zero-order valence-corrected chi connectivity index (χ0v) is 9.60. The minimum atomic E-state index is 0.847. The smallest absolute Gasteiger partial charge is 0.0897 e. The molecule has 3 nitrogen and oxygen atoms in total. The lowest BCUT2D eigenvalue weighted by Crippen LogP contribution is -2.47. The molecule has 1 N–H and O–H groups in total. The zero-order valence-electron chi connectivity index (χ0n) is 8.79. The van der Waals surface area contributed by atoms with Gasteiger partial charge in [0.05, 0.1) is 10.7 Å². The van der Waals surface area contributed by atoms with Crippen molar-refractivity contribution in [2.24, 2.45) is 5.92 Å². The van der Waals surface area contributed by atoms with Crippen molar-refractivity contribution in [3.05, 3.63) is 16.1 Å². The van der Waals surface area contributed by atoms with Crippen molar-refractivity contribution < 1.29 is 0 Å². The van der Waals surface area contributed by atoms with Crippen LogP contribution in [0.3, 0.4) is 0 Å². The third kappa shape index (κ3) is 2.53. The van der Waals surface area contributed by atoms with Crippen LogP contribution in [0.4, 0.5) is 0 Å². The topological polar surface area (TPSA) is 28.2 Å². The van der Waals surface area contributed by atoms with E-state index in [9.17, 15) is 0 Å². The van der Waals surface area contributed by atoms with E-state index in [1.807, 2.05) is 0 Å². The molecule has 0 unspecified atom stereocenters. The van der Waals surface area contributed by atoms with Crippen molar-refractivity contribution in [1.82, 2.24) is 15.2 Å². The fourth-order valence-electron chi connectivity index (χ4n) is 1.74. The number of hydrogen-bond acceptors (Lipinski definition) is 4. The number of aromatic nitrogens is 1. The Labute approximate surface area is 89.1 Å². The molecule has 0 aromatic carbocycles. The van der Waals surface area contributed by atoms with Crippen LogP contribution in [0.5, 0.6) is 0 Å². The average molecular weight is 211 g/mol. The van der Waals surface area contributed by atoms with Crippen molar-refractivity contribution in [3.63, 3.8) is 0 Å². The SMILES string of the molecule is Cc1nc(CN(C)CC2CNC2)cs1. The highest BCUT2D eigenvalue weighted by molar-refractivity contribution is 7.09. The van der Waals surface area contributed by atoms with Crippen LogP contribution >= 0.6 is 11.3 Å². The van der Waals surface area contributed by atoms with E-state index >= 15 is 0 Å². The first-order valence-corrected chi connectivity index (χ1v) is 5.92. The molecule has 2 heterocycles. The number of nitrogens with one attached hydrogen (secondary N) is 1. The van der Waals surface area contributed by atoms with Gasteiger partial charge in [-0.05, 0) is 19.9 Å². The Morgan fingerprint density at radius 1 is 1.64 bits per heavy atom. The number of hydrogen-bond donors (Lipinski definition) is 1. The van der Waals surface area contributed by atoms with Crippen LogP contribution in [0.1, 0.15) is 10.7 Å². The van der Waals surface area contributed by atoms with Crippen LogP contribution in [-0.2, 0) is 6.54 Å². The number of rotatable bonds is 4. The highest BCUT2D eigenvalue weighted by atomic mass is 32.1. The van der Waals surface area contributed by atoms with Crippen molar-refractivity contribution in [3.8, 4) is 0 Å². The zero-order chi connectivity index (χ0) is 9.97. The lowest BCUT2D eigenvalue weighted by atomic mass is 10.0. The molecule has 1 aliphatic rings. The Bertz CT molecular complexity index is 293. The first-order chi connectivity index (χ1) is 6.74. The van der Waals surface area contributed by atoms with Crippen molar-refractivity contribution in [2.75, 3.05) is 26.7 Å². The number of nitrogens with zero attached hydrogens (tertiary/aromatic N) is 2. The van der Waals surface area contributed by atoms with Gasteiger partial charge in [0, 0.05) is 31.6 Å². The van der Waals surface area contributed by atoms with Gasteiger partial charge in [0.1, 0.15) is 0 Å². The highest BCUT2D eigenvalue weighted by Crippen LogP contribution is 2.11. The van der Waals surface area contributed by atoms with Crippen LogP contribution in [-0.4, -0.2) is 36.6 Å². The van der Waals surface area contributed by atoms with E-state index in [2.05, 4.69) is 34.6 Å². The van der Waals surface area contributed by atoms with E-state index in [1.54, 1.807) is 11.3 Å². The first kappa shape index (κ1) is 10.1. The van der Waals surface area contributed by atoms with Crippen LogP contribution < -0.4 is 5.32 Å². The Hall–Kier alpha value is -0.450. The summed E-state index contributed by atoms with van der Waals surface area (Å²) in [5.74, 6) is 0.847. The minimum Gasteiger partial charge on any atom is -0.316 e. The summed E-state index contributed by atoms with van der Waals surface area (Å²) in [5.41, 5.74) is 1.21. The fourth-order valence-corrected chi connectivity index (χ4v) is 2.34. The maximum absolute atomic E-state index is 4.46. The predicted octanol–water partition coefficient (Wildman–Crippen LogP) is 1.10. The molecular formula is C10H17N3S. The molecule has 0 atom stereocenters. The maximum Gasteiger partial charge on any atom is 0.0897 e. The molecule has 1 saturated heterocycles. The largest absolute Gasteiger partial charge is 0.316 e. The minimum absolute atomic E-state index is 0.847. The predicted molar refractivity (Wildman–Crippen MR) is 59.5 cm³/mol. The molecule has 2 rings (SSSR count). The molecule has 4 heteroatoms. The molecular weight excluding hydrogens is 194 g/mol. The van der Waals surface area contributed by atoms with Gasteiger partial charge in [-0.3, -0.25) is 0 Å². The van der Waals surface area contributed by atoms with Gasteiger partial charge in [-0.1, -0.05) is 0 Å². The third-order valence-corrected chi connectivity index (χ3v) is 3.36. The van der Waals surface area contributed by atoms with Crippen LogP contribution in [0.2, 0.25) is 0 Å². The standard InChI is InChI=1S/C10H17N3S/c1-8-12-10(7-14-8)6-13(2)5-9-3-11-4-9/h7,9,11H,3-6H2,1-2H3. The molecule has 1 fully saturated rings. The van der Waals surface area contributed by atoms with Crippen LogP contribution in [0.15, 0.2) is 5.38 Å². The molecule has 0 radical (unpaired) electrons. The highest BCUT2D eigenvalue weighted by Gasteiger charge is 2.18. The number of thiazole rings is 1. The van der Waals surface area contributed by atoms with Crippen molar-refractivity contribution in [1.29, 1.82) is 0 Å². The summed E-state index contributed by atoms with van der Waals surface area (Å²) in [4.78, 5) is 6.82. The first-order valence-electron chi connectivity index (χ1n) is 5.04. The van der Waals surface area contributed by atoms with E-state index < -0.39 is 0 Å². The Morgan fingerprint density at radius 2 is 2.43 bits per heavy atom. The second-order valence-electron chi connectivity index (χ2n) is 4.08. The Kier molecular flexibility index (Phi) is 3.15. The summed E-state index contributed by atoms with van der Waals surface area (Å²) in [6.45, 7) is 6.59. The lowest BCUT2D eigenvalue weighted by Gasteiger charge is -2.30. The van der Waals surface area contributed by atoms with E-state index in [-0.39, 0.29) is 0 Å². The lowest BCUT2D eigenvalue weighted by molar-refractivity contribution is 0.217. The second-order valence-corrected chi connectivity index (χ2v) is 5.14. The van der Waals surface area contributed by atoms with Gasteiger partial charge in [0.25, 0.3) is 0 Å². The van der Waals surface area contributed by atoms with Crippen LogP contribution in [0.25, 0.3) is 0 Å². The van der Waals surface area contributed by atoms with Crippen LogP contribution in [0, 0.1) is 12.8 Å². The summed E-state index contributed by atoms with van der Waals surface area (Å²) in [5, 5.41) is 6.62. The van der Waals surface area contributed by atoms with Gasteiger partial charge in [0.2, 0.25) is 0 Å². The van der Waals surface area contributed by atoms with Gasteiger partial charge in [-0.15, -0.1) is 11.3 Å². The van der Waals surface area contributed by atoms with Gasteiger partial charge >= 0.3 is 0 Å². The molecule has 0 spiro atoms. The molecule has 1 aromatic heterocycles.